The third-order valence-electron chi connectivity index (χ3n) is 4.83. The number of nitrogens with zero attached hydrogens (tertiary/aromatic N) is 2. The summed E-state index contributed by atoms with van der Waals surface area (Å²) in [5, 5.41) is 24.0. The first-order valence-corrected chi connectivity index (χ1v) is 8.99. The van der Waals surface area contributed by atoms with Crippen LogP contribution < -0.4 is 0 Å². The van der Waals surface area contributed by atoms with Crippen molar-refractivity contribution in [3.05, 3.63) is 88.2 Å². The Bertz CT molecular complexity index is 915. The highest BCUT2D eigenvalue weighted by molar-refractivity contribution is 5.70. The molecule has 1 heterocycles. The van der Waals surface area contributed by atoms with Gasteiger partial charge in [-0.1, -0.05) is 54.6 Å². The number of hydrogen-bond acceptors (Lipinski definition) is 3. The number of aryl methyl sites for hydroxylation is 1. The fourth-order valence-electron chi connectivity index (χ4n) is 3.27. The molecule has 0 radical (unpaired) electrons. The molecule has 0 aliphatic rings. The molecule has 1 aromatic heterocycles. The molecule has 1 unspecified atom stereocenters. The molecule has 2 aromatic carbocycles. The minimum absolute atomic E-state index is 0.0116. The van der Waals surface area contributed by atoms with Gasteiger partial charge in [0, 0.05) is 17.7 Å². The summed E-state index contributed by atoms with van der Waals surface area (Å²) in [5.41, 5.74) is 5.44. The lowest BCUT2D eigenvalue weighted by molar-refractivity contribution is -0.136. The van der Waals surface area contributed by atoms with Gasteiger partial charge in [-0.25, -0.2) is 0 Å². The Kier molecular flexibility index (Phi) is 5.72. The van der Waals surface area contributed by atoms with Crippen LogP contribution in [0.5, 0.6) is 0 Å². The molecule has 0 saturated carbocycles. The fraction of sp³-hybridized carbons (Fsp3) is 0.273. The minimum atomic E-state index is -0.850. The molecular formula is C22H24N2O3. The van der Waals surface area contributed by atoms with Crippen molar-refractivity contribution in [2.75, 3.05) is 0 Å². The zero-order valence-electron chi connectivity index (χ0n) is 15.6. The maximum atomic E-state index is 11.0. The normalized spacial score (nSPS) is 12.1. The SMILES string of the molecule is Cc1nn(Cc2ccc(C(O)Cc3ccccc3)cc2)c(C)c1CC(=O)O. The maximum absolute atomic E-state index is 11.0. The van der Waals surface area contributed by atoms with E-state index in [-0.39, 0.29) is 6.42 Å². The minimum Gasteiger partial charge on any atom is -0.481 e. The number of aliphatic carboxylic acids is 1. The summed E-state index contributed by atoms with van der Waals surface area (Å²) in [7, 11) is 0. The second kappa shape index (κ2) is 8.18. The highest BCUT2D eigenvalue weighted by Gasteiger charge is 2.15. The van der Waals surface area contributed by atoms with Crippen LogP contribution in [-0.4, -0.2) is 26.0 Å². The van der Waals surface area contributed by atoms with Crippen LogP contribution in [0.1, 0.15) is 39.7 Å². The van der Waals surface area contributed by atoms with Crippen LogP contribution in [0.25, 0.3) is 0 Å². The molecule has 0 spiro atoms. The first kappa shape index (κ1) is 18.9. The molecule has 1 atom stereocenters. The Hall–Kier alpha value is -2.92. The van der Waals surface area contributed by atoms with E-state index in [4.69, 9.17) is 5.11 Å². The molecule has 0 saturated heterocycles. The van der Waals surface area contributed by atoms with Crippen molar-refractivity contribution in [1.82, 2.24) is 9.78 Å². The largest absolute Gasteiger partial charge is 0.481 e. The number of carboxylic acids is 1. The number of carbonyl (C=O) groups is 1. The number of rotatable bonds is 7. The number of aromatic nitrogens is 2. The first-order valence-electron chi connectivity index (χ1n) is 8.99. The lowest BCUT2D eigenvalue weighted by Crippen LogP contribution is -2.07. The van der Waals surface area contributed by atoms with E-state index in [0.717, 1.165) is 33.6 Å². The van der Waals surface area contributed by atoms with Gasteiger partial charge in [-0.15, -0.1) is 0 Å². The van der Waals surface area contributed by atoms with Crippen LogP contribution in [0.15, 0.2) is 54.6 Å². The first-order chi connectivity index (χ1) is 12.9. The molecule has 0 fully saturated rings. The second-order valence-corrected chi connectivity index (χ2v) is 6.82. The predicted octanol–water partition coefficient (Wildman–Crippen LogP) is 3.45. The molecule has 140 valence electrons. The van der Waals surface area contributed by atoms with Crippen LogP contribution in [0.4, 0.5) is 0 Å². The lowest BCUT2D eigenvalue weighted by Gasteiger charge is -2.12. The number of hydrogen-bond donors (Lipinski definition) is 2. The number of benzene rings is 2. The molecular weight excluding hydrogens is 340 g/mol. The third-order valence-corrected chi connectivity index (χ3v) is 4.83. The van der Waals surface area contributed by atoms with E-state index >= 15 is 0 Å². The number of carboxylic acid groups (broad SMARTS) is 1. The smallest absolute Gasteiger partial charge is 0.307 e. The lowest BCUT2D eigenvalue weighted by atomic mass is 10.0. The Morgan fingerprint density at radius 3 is 2.33 bits per heavy atom. The fourth-order valence-corrected chi connectivity index (χ4v) is 3.27. The summed E-state index contributed by atoms with van der Waals surface area (Å²) >= 11 is 0. The van der Waals surface area contributed by atoms with Gasteiger partial charge in [-0.2, -0.15) is 5.10 Å². The van der Waals surface area contributed by atoms with Crippen molar-refractivity contribution in [3.8, 4) is 0 Å². The van der Waals surface area contributed by atoms with Crippen molar-refractivity contribution in [3.63, 3.8) is 0 Å². The van der Waals surface area contributed by atoms with Crippen LogP contribution >= 0.6 is 0 Å². The van der Waals surface area contributed by atoms with Crippen LogP contribution in [0.3, 0.4) is 0 Å². The average Bonchev–Trinajstić information content (AvgIpc) is 2.90. The highest BCUT2D eigenvalue weighted by atomic mass is 16.4. The highest BCUT2D eigenvalue weighted by Crippen LogP contribution is 2.20. The van der Waals surface area contributed by atoms with E-state index in [1.54, 1.807) is 0 Å². The Labute approximate surface area is 158 Å². The van der Waals surface area contributed by atoms with Crippen molar-refractivity contribution in [1.29, 1.82) is 0 Å². The third kappa shape index (κ3) is 4.63. The van der Waals surface area contributed by atoms with E-state index in [2.05, 4.69) is 5.10 Å². The summed E-state index contributed by atoms with van der Waals surface area (Å²) in [6.07, 6.45) is 0.0238. The van der Waals surface area contributed by atoms with Gasteiger partial charge in [0.05, 0.1) is 24.8 Å². The molecule has 2 N–H and O–H groups in total. The number of aliphatic hydroxyl groups excluding tert-OH is 1. The summed E-state index contributed by atoms with van der Waals surface area (Å²) in [6.45, 7) is 4.31. The van der Waals surface area contributed by atoms with Gasteiger partial charge in [0.15, 0.2) is 0 Å². The van der Waals surface area contributed by atoms with Gasteiger partial charge < -0.3 is 10.2 Å². The Morgan fingerprint density at radius 2 is 1.70 bits per heavy atom. The second-order valence-electron chi connectivity index (χ2n) is 6.82. The van der Waals surface area contributed by atoms with Crippen molar-refractivity contribution in [2.24, 2.45) is 0 Å². The van der Waals surface area contributed by atoms with Gasteiger partial charge in [0.25, 0.3) is 0 Å². The van der Waals surface area contributed by atoms with Gasteiger partial charge in [-0.3, -0.25) is 9.48 Å². The molecule has 3 rings (SSSR count). The summed E-state index contributed by atoms with van der Waals surface area (Å²) in [6, 6.07) is 17.8. The van der Waals surface area contributed by atoms with Gasteiger partial charge >= 0.3 is 5.97 Å². The van der Waals surface area contributed by atoms with Crippen LogP contribution in [-0.2, 0) is 24.2 Å². The molecule has 0 aliphatic carbocycles. The van der Waals surface area contributed by atoms with E-state index in [9.17, 15) is 9.90 Å². The summed E-state index contributed by atoms with van der Waals surface area (Å²) in [4.78, 5) is 11.0. The summed E-state index contributed by atoms with van der Waals surface area (Å²) < 4.78 is 1.84. The summed E-state index contributed by atoms with van der Waals surface area (Å²) in [5.74, 6) is -0.850. The van der Waals surface area contributed by atoms with Crippen molar-refractivity contribution < 1.29 is 15.0 Å². The molecule has 3 aromatic rings. The molecule has 0 aliphatic heterocycles. The van der Waals surface area contributed by atoms with E-state index in [1.165, 1.54) is 0 Å². The molecule has 5 nitrogen and oxygen atoms in total. The van der Waals surface area contributed by atoms with Crippen LogP contribution in [0.2, 0.25) is 0 Å². The zero-order chi connectivity index (χ0) is 19.4. The zero-order valence-corrected chi connectivity index (χ0v) is 15.6. The predicted molar refractivity (Wildman–Crippen MR) is 104 cm³/mol. The molecule has 0 bridgehead atoms. The van der Waals surface area contributed by atoms with E-state index in [1.807, 2.05) is 73.1 Å². The molecule has 0 amide bonds. The van der Waals surface area contributed by atoms with E-state index in [0.29, 0.717) is 13.0 Å². The van der Waals surface area contributed by atoms with Gasteiger partial charge in [-0.05, 0) is 30.5 Å². The quantitative estimate of drug-likeness (QED) is 0.673. The maximum Gasteiger partial charge on any atom is 0.307 e. The topological polar surface area (TPSA) is 75.3 Å². The monoisotopic (exact) mass is 364 g/mol. The van der Waals surface area contributed by atoms with E-state index < -0.39 is 12.1 Å². The average molecular weight is 364 g/mol. The molecule has 27 heavy (non-hydrogen) atoms. The van der Waals surface area contributed by atoms with Gasteiger partial charge in [0.2, 0.25) is 0 Å². The standard InChI is InChI=1S/C22H24N2O3/c1-15-20(13-22(26)27)16(2)24(23-15)14-18-8-10-19(11-9-18)21(25)12-17-6-4-3-5-7-17/h3-11,21,25H,12-14H2,1-2H3,(H,26,27). The Morgan fingerprint density at radius 1 is 1.04 bits per heavy atom. The van der Waals surface area contributed by atoms with Gasteiger partial charge in [0.1, 0.15) is 0 Å². The molecule has 5 heteroatoms. The van der Waals surface area contributed by atoms with Crippen molar-refractivity contribution >= 4 is 5.97 Å². The van der Waals surface area contributed by atoms with Crippen molar-refractivity contribution in [2.45, 2.75) is 39.3 Å². The number of aliphatic hydroxyl groups is 1. The van der Waals surface area contributed by atoms with Crippen LogP contribution in [0, 0.1) is 13.8 Å². The Balaban J connectivity index is 1.70.